The number of nitrogens with one attached hydrogen (secondary N) is 2. The molecule has 2 aromatic carbocycles. The van der Waals surface area contributed by atoms with Gasteiger partial charge >= 0.3 is 5.91 Å². The van der Waals surface area contributed by atoms with E-state index in [1.807, 2.05) is 75.4 Å². The summed E-state index contributed by atoms with van der Waals surface area (Å²) in [5, 5.41) is 3.10. The minimum atomic E-state index is -0.255. The first-order valence-corrected chi connectivity index (χ1v) is 13.2. The minimum Gasteiger partial charge on any atom is -0.494 e. The number of carbonyl (C=O) groups is 2. The third-order valence-electron chi connectivity index (χ3n) is 6.47. The summed E-state index contributed by atoms with van der Waals surface area (Å²) in [5.41, 5.74) is 4.43. The Morgan fingerprint density at radius 3 is 2.15 bits per heavy atom. The second-order valence-electron chi connectivity index (χ2n) is 9.32. The monoisotopic (exact) mass is 527 g/mol. The summed E-state index contributed by atoms with van der Waals surface area (Å²) in [5.74, 6) is 1.82. The van der Waals surface area contributed by atoms with Crippen LogP contribution in [0.4, 0.5) is 0 Å². The van der Waals surface area contributed by atoms with Crippen LogP contribution in [-0.2, 0) is 4.79 Å². The molecule has 39 heavy (non-hydrogen) atoms. The number of rotatable bonds is 9. The number of hydrogen-bond acceptors (Lipinski definition) is 5. The number of aromatic nitrogens is 1. The lowest BCUT2D eigenvalue weighted by atomic mass is 9.83. The highest BCUT2D eigenvalue weighted by molar-refractivity contribution is 6.14. The normalized spacial score (nSPS) is 17.2. The number of amides is 1. The topological polar surface area (TPSA) is 88.0 Å². The van der Waals surface area contributed by atoms with Crippen molar-refractivity contribution < 1.29 is 28.8 Å². The van der Waals surface area contributed by atoms with Crippen LogP contribution in [0.15, 0.2) is 71.9 Å². The zero-order chi connectivity index (χ0) is 27.8. The van der Waals surface area contributed by atoms with Gasteiger partial charge in [0.1, 0.15) is 5.75 Å². The summed E-state index contributed by atoms with van der Waals surface area (Å²) < 4.78 is 16.8. The number of methoxy groups -OCH3 is 1. The summed E-state index contributed by atoms with van der Waals surface area (Å²) in [6, 6.07) is 16.6. The van der Waals surface area contributed by atoms with Gasteiger partial charge in [-0.1, -0.05) is 12.1 Å². The van der Waals surface area contributed by atoms with Crippen LogP contribution in [0.2, 0.25) is 0 Å². The molecule has 0 radical (unpaired) electrons. The fourth-order valence-corrected chi connectivity index (χ4v) is 4.67. The number of ether oxygens (including phenoxy) is 3. The summed E-state index contributed by atoms with van der Waals surface area (Å²) >= 11 is 0. The van der Waals surface area contributed by atoms with E-state index in [2.05, 4.69) is 10.3 Å². The van der Waals surface area contributed by atoms with Gasteiger partial charge in [-0.15, -0.1) is 0 Å². The molecular formula is C32H35N2O5+. The van der Waals surface area contributed by atoms with Crippen molar-refractivity contribution in [3.8, 4) is 17.2 Å². The highest BCUT2D eigenvalue weighted by atomic mass is 16.5. The van der Waals surface area contributed by atoms with E-state index in [-0.39, 0.29) is 17.7 Å². The Hall–Kier alpha value is -4.39. The fourth-order valence-electron chi connectivity index (χ4n) is 4.67. The molecule has 1 atom stereocenters. The van der Waals surface area contributed by atoms with Gasteiger partial charge in [0.05, 0.1) is 20.3 Å². The predicted molar refractivity (Wildman–Crippen MR) is 151 cm³/mol. The van der Waals surface area contributed by atoms with Gasteiger partial charge < -0.3 is 19.5 Å². The molecule has 1 fully saturated rings. The molecular weight excluding hydrogens is 492 g/mol. The molecule has 1 aliphatic rings. The second-order valence-corrected chi connectivity index (χ2v) is 9.32. The Labute approximate surface area is 229 Å². The smallest absolute Gasteiger partial charge is 0.316 e. The number of Topliss-reactive ketones (excluding diaryl/α,β-unsaturated/α-hetero) is 1. The van der Waals surface area contributed by atoms with Crippen molar-refractivity contribution >= 4 is 23.8 Å². The van der Waals surface area contributed by atoms with Crippen molar-refractivity contribution in [2.45, 2.75) is 39.7 Å². The second kappa shape index (κ2) is 12.9. The van der Waals surface area contributed by atoms with Gasteiger partial charge in [0.15, 0.2) is 23.5 Å². The van der Waals surface area contributed by atoms with E-state index in [9.17, 15) is 9.59 Å². The first-order valence-electron chi connectivity index (χ1n) is 13.2. The van der Waals surface area contributed by atoms with Crippen molar-refractivity contribution in [3.63, 3.8) is 0 Å². The van der Waals surface area contributed by atoms with Gasteiger partial charge in [-0.05, 0) is 92.8 Å². The summed E-state index contributed by atoms with van der Waals surface area (Å²) in [7, 11) is 1.59. The van der Waals surface area contributed by atoms with E-state index in [4.69, 9.17) is 14.2 Å². The molecule has 4 rings (SSSR count). The Kier molecular flexibility index (Phi) is 9.15. The average molecular weight is 528 g/mol. The van der Waals surface area contributed by atoms with Gasteiger partial charge in [-0.2, -0.15) is 0 Å². The molecule has 7 nitrogen and oxygen atoms in total. The third kappa shape index (κ3) is 6.93. The zero-order valence-electron chi connectivity index (χ0n) is 22.9. The van der Waals surface area contributed by atoms with E-state index in [0.717, 1.165) is 22.4 Å². The molecule has 1 heterocycles. The fraction of sp³-hybridized carbons (Fsp3) is 0.281. The standard InChI is InChI=1S/C32H34N2O5/c1-5-38-28-12-10-22(15-21(28)3)16-24-19-26(34-32(36)27-9-7-8-14-33-27)20-25(31(24)35)17-23-11-13-29(39-6-2)30(18-23)37-4/h7-18,26H,5-6,19-20H2,1-4H3,(H,34,36)/p+1/b24-16+,25-17+. The van der Waals surface area contributed by atoms with Crippen LogP contribution >= 0.6 is 0 Å². The van der Waals surface area contributed by atoms with Crippen LogP contribution in [0.3, 0.4) is 0 Å². The predicted octanol–water partition coefficient (Wildman–Crippen LogP) is 5.24. The lowest BCUT2D eigenvalue weighted by Gasteiger charge is -2.26. The molecule has 2 N–H and O–H groups in total. The van der Waals surface area contributed by atoms with Crippen LogP contribution in [0.25, 0.3) is 12.2 Å². The van der Waals surface area contributed by atoms with Gasteiger partial charge in [0.2, 0.25) is 0 Å². The first kappa shape index (κ1) is 27.6. The molecule has 7 heteroatoms. The molecule has 3 aromatic rings. The number of benzene rings is 2. The van der Waals surface area contributed by atoms with Gasteiger partial charge in [0, 0.05) is 29.3 Å². The van der Waals surface area contributed by atoms with E-state index in [1.165, 1.54) is 0 Å². The van der Waals surface area contributed by atoms with Crippen LogP contribution in [0, 0.1) is 6.92 Å². The molecule has 1 aliphatic carbocycles. The molecule has 1 amide bonds. The number of pyridine rings is 1. The SMILES string of the molecule is CCOc1ccc(/C=C2\CC(NC(=O)c3cccc[nH+]3)C/C(=C\c3ccc(OCC)c(OC)c3)C2=O)cc1C. The number of hydrogen-bond donors (Lipinski definition) is 1. The Morgan fingerprint density at radius 1 is 0.923 bits per heavy atom. The lowest BCUT2D eigenvalue weighted by Crippen LogP contribution is -2.41. The summed E-state index contributed by atoms with van der Waals surface area (Å²) in [6.45, 7) is 6.96. The molecule has 1 aromatic heterocycles. The zero-order valence-corrected chi connectivity index (χ0v) is 22.9. The highest BCUT2D eigenvalue weighted by Gasteiger charge is 2.30. The molecule has 0 spiro atoms. The Morgan fingerprint density at radius 2 is 1.56 bits per heavy atom. The average Bonchev–Trinajstić information content (AvgIpc) is 2.94. The number of H-pyrrole nitrogens is 1. The maximum atomic E-state index is 13.7. The van der Waals surface area contributed by atoms with E-state index >= 15 is 0 Å². The van der Waals surface area contributed by atoms with Crippen molar-refractivity contribution in [1.29, 1.82) is 0 Å². The van der Waals surface area contributed by atoms with Crippen LogP contribution < -0.4 is 24.5 Å². The van der Waals surface area contributed by atoms with E-state index < -0.39 is 0 Å². The molecule has 1 saturated carbocycles. The summed E-state index contributed by atoms with van der Waals surface area (Å²) in [4.78, 5) is 29.6. The molecule has 1 unspecified atom stereocenters. The molecule has 0 aliphatic heterocycles. The maximum absolute atomic E-state index is 13.7. The number of carbonyl (C=O) groups excluding carboxylic acids is 2. The van der Waals surface area contributed by atoms with E-state index in [1.54, 1.807) is 25.4 Å². The van der Waals surface area contributed by atoms with Gasteiger partial charge in [-0.3, -0.25) is 9.59 Å². The number of aryl methyl sites for hydroxylation is 1. The maximum Gasteiger partial charge on any atom is 0.316 e. The van der Waals surface area contributed by atoms with Crippen molar-refractivity contribution in [2.75, 3.05) is 20.3 Å². The van der Waals surface area contributed by atoms with Gasteiger partial charge in [-0.25, -0.2) is 4.98 Å². The quantitative estimate of drug-likeness (QED) is 0.385. The first-order chi connectivity index (χ1) is 18.9. The van der Waals surface area contributed by atoms with Crippen LogP contribution in [0.5, 0.6) is 17.2 Å². The van der Waals surface area contributed by atoms with Crippen molar-refractivity contribution in [2.24, 2.45) is 0 Å². The Bertz CT molecular complexity index is 1390. The molecule has 0 bridgehead atoms. The Balaban J connectivity index is 1.68. The number of aromatic amines is 1. The van der Waals surface area contributed by atoms with Crippen LogP contribution in [0.1, 0.15) is 53.9 Å². The highest BCUT2D eigenvalue weighted by Crippen LogP contribution is 2.33. The van der Waals surface area contributed by atoms with Crippen LogP contribution in [-0.4, -0.2) is 38.1 Å². The summed E-state index contributed by atoms with van der Waals surface area (Å²) in [6.07, 6.45) is 6.32. The third-order valence-corrected chi connectivity index (χ3v) is 6.47. The minimum absolute atomic E-state index is 0.0360. The lowest BCUT2D eigenvalue weighted by molar-refractivity contribution is -0.382. The van der Waals surface area contributed by atoms with Gasteiger partial charge in [0.25, 0.3) is 5.69 Å². The molecule has 0 saturated heterocycles. The van der Waals surface area contributed by atoms with Crippen molar-refractivity contribution in [1.82, 2.24) is 5.32 Å². The van der Waals surface area contributed by atoms with Crippen molar-refractivity contribution in [3.05, 3.63) is 94.3 Å². The number of ketones is 1. The largest absolute Gasteiger partial charge is 0.494 e. The van der Waals surface area contributed by atoms with E-state index in [0.29, 0.717) is 54.4 Å². The molecule has 202 valence electrons.